The Morgan fingerprint density at radius 1 is 1.19 bits per heavy atom. The number of benzene rings is 1. The van der Waals surface area contributed by atoms with E-state index in [1.54, 1.807) is 0 Å². The molecule has 1 aromatic rings. The third-order valence-corrected chi connectivity index (χ3v) is 5.38. The molecule has 0 spiro atoms. The molecule has 1 unspecified atom stereocenters. The van der Waals surface area contributed by atoms with Gasteiger partial charge in [-0.05, 0) is 35.6 Å². The summed E-state index contributed by atoms with van der Waals surface area (Å²) in [5.74, 6) is -0.927. The molecule has 1 aromatic carbocycles. The number of hydrogen-bond donors (Lipinski definition) is 2. The van der Waals surface area contributed by atoms with Gasteiger partial charge in [0.15, 0.2) is 0 Å². The Balaban J connectivity index is 1.54. The van der Waals surface area contributed by atoms with Crippen molar-refractivity contribution < 1.29 is 24.3 Å². The van der Waals surface area contributed by atoms with Crippen LogP contribution in [0.15, 0.2) is 24.3 Å². The van der Waals surface area contributed by atoms with Crippen LogP contribution in [0.1, 0.15) is 40.7 Å². The zero-order valence-electron chi connectivity index (χ0n) is 14.6. The van der Waals surface area contributed by atoms with E-state index in [9.17, 15) is 19.2 Å². The maximum atomic E-state index is 12.9. The van der Waals surface area contributed by atoms with Crippen molar-refractivity contribution in [3.05, 3.63) is 41.0 Å². The predicted molar refractivity (Wildman–Crippen MR) is 94.7 cm³/mol. The average Bonchev–Trinajstić information content (AvgIpc) is 2.98. The van der Waals surface area contributed by atoms with Gasteiger partial charge in [0.05, 0.1) is 0 Å². The largest absolute Gasteiger partial charge is 0.465 e. The molecule has 1 saturated heterocycles. The highest BCUT2D eigenvalue weighted by Gasteiger charge is 2.39. The molecular formula is C19H19N3O5. The number of imide groups is 1. The van der Waals surface area contributed by atoms with Gasteiger partial charge in [0.1, 0.15) is 6.04 Å². The van der Waals surface area contributed by atoms with E-state index in [2.05, 4.69) is 5.32 Å². The Morgan fingerprint density at radius 3 is 2.67 bits per heavy atom. The monoisotopic (exact) mass is 369 g/mol. The lowest BCUT2D eigenvalue weighted by Crippen LogP contribution is -2.52. The summed E-state index contributed by atoms with van der Waals surface area (Å²) in [6, 6.07) is 5.02. The van der Waals surface area contributed by atoms with Gasteiger partial charge in [-0.25, -0.2) is 4.79 Å². The first-order valence-electron chi connectivity index (χ1n) is 8.89. The van der Waals surface area contributed by atoms with Crippen LogP contribution in [0, 0.1) is 0 Å². The Bertz CT molecular complexity index is 891. The molecule has 27 heavy (non-hydrogen) atoms. The van der Waals surface area contributed by atoms with Crippen LogP contribution in [-0.2, 0) is 16.1 Å². The number of rotatable bonds is 2. The molecule has 1 fully saturated rings. The Morgan fingerprint density at radius 2 is 2.00 bits per heavy atom. The minimum atomic E-state index is -0.936. The third-order valence-electron chi connectivity index (χ3n) is 5.38. The lowest BCUT2D eigenvalue weighted by atomic mass is 9.96. The van der Waals surface area contributed by atoms with Crippen LogP contribution in [0.2, 0.25) is 0 Å². The van der Waals surface area contributed by atoms with Gasteiger partial charge in [0, 0.05) is 31.6 Å². The van der Waals surface area contributed by atoms with E-state index >= 15 is 0 Å². The van der Waals surface area contributed by atoms with Crippen molar-refractivity contribution in [3.63, 3.8) is 0 Å². The van der Waals surface area contributed by atoms with Crippen molar-refractivity contribution in [2.45, 2.75) is 31.8 Å². The highest BCUT2D eigenvalue weighted by atomic mass is 16.4. The third kappa shape index (κ3) is 3.07. The van der Waals surface area contributed by atoms with E-state index < -0.39 is 18.0 Å². The summed E-state index contributed by atoms with van der Waals surface area (Å²) >= 11 is 0. The maximum Gasteiger partial charge on any atom is 0.407 e. The van der Waals surface area contributed by atoms with Crippen molar-refractivity contribution in [1.82, 2.24) is 15.1 Å². The second kappa shape index (κ2) is 6.53. The molecule has 3 aliphatic heterocycles. The van der Waals surface area contributed by atoms with Gasteiger partial charge < -0.3 is 14.9 Å². The van der Waals surface area contributed by atoms with Crippen molar-refractivity contribution >= 4 is 29.4 Å². The molecule has 140 valence electrons. The van der Waals surface area contributed by atoms with E-state index in [1.165, 1.54) is 9.80 Å². The van der Waals surface area contributed by atoms with E-state index in [1.807, 2.05) is 24.3 Å². The van der Waals surface area contributed by atoms with Crippen LogP contribution < -0.4 is 5.32 Å². The number of hydrogen-bond acceptors (Lipinski definition) is 4. The van der Waals surface area contributed by atoms with E-state index in [0.29, 0.717) is 38.0 Å². The summed E-state index contributed by atoms with van der Waals surface area (Å²) in [6.45, 7) is 1.11. The first-order valence-corrected chi connectivity index (χ1v) is 8.89. The van der Waals surface area contributed by atoms with Gasteiger partial charge in [0.2, 0.25) is 11.8 Å². The van der Waals surface area contributed by atoms with Crippen LogP contribution in [-0.4, -0.2) is 57.9 Å². The van der Waals surface area contributed by atoms with E-state index in [0.717, 1.165) is 16.7 Å². The molecule has 0 bridgehead atoms. The normalized spacial score (nSPS) is 22.4. The molecule has 4 amide bonds. The molecule has 2 N–H and O–H groups in total. The molecule has 8 nitrogen and oxygen atoms in total. The van der Waals surface area contributed by atoms with Crippen molar-refractivity contribution in [2.24, 2.45) is 0 Å². The highest BCUT2D eigenvalue weighted by molar-refractivity contribution is 6.05. The number of carbonyl (C=O) groups is 4. The van der Waals surface area contributed by atoms with Gasteiger partial charge >= 0.3 is 6.09 Å². The summed E-state index contributed by atoms with van der Waals surface area (Å²) < 4.78 is 0. The summed E-state index contributed by atoms with van der Waals surface area (Å²) in [6.07, 6.45) is 2.10. The second-order valence-corrected chi connectivity index (χ2v) is 6.98. The van der Waals surface area contributed by atoms with Crippen LogP contribution >= 0.6 is 0 Å². The number of nitrogens with one attached hydrogen (secondary N) is 1. The molecule has 0 aliphatic carbocycles. The molecule has 3 aliphatic rings. The zero-order valence-corrected chi connectivity index (χ0v) is 14.6. The first kappa shape index (κ1) is 17.3. The fraction of sp³-hybridized carbons (Fsp3) is 0.368. The summed E-state index contributed by atoms with van der Waals surface area (Å²) in [7, 11) is 0. The number of piperidine rings is 1. The lowest BCUT2D eigenvalue weighted by Gasteiger charge is -2.29. The van der Waals surface area contributed by atoms with Gasteiger partial charge in [-0.1, -0.05) is 18.2 Å². The van der Waals surface area contributed by atoms with Gasteiger partial charge in [0.25, 0.3) is 5.91 Å². The van der Waals surface area contributed by atoms with E-state index in [-0.39, 0.29) is 18.2 Å². The fourth-order valence-corrected chi connectivity index (χ4v) is 3.86. The number of fused-ring (bicyclic) bond motifs is 1. The number of nitrogens with zero attached hydrogens (tertiary/aromatic N) is 2. The number of carbonyl (C=O) groups excluding carboxylic acids is 3. The maximum absolute atomic E-state index is 12.9. The summed E-state index contributed by atoms with van der Waals surface area (Å²) in [5.41, 5.74) is 3.34. The number of carboxylic acid groups (broad SMARTS) is 1. The SMILES string of the molecule is O=C1CCC(N2Cc3ccc(C4=CCN(C(=O)O)CC4)cc3C2=O)C(=O)N1. The Kier molecular flexibility index (Phi) is 4.18. The van der Waals surface area contributed by atoms with Crippen molar-refractivity contribution in [3.8, 4) is 0 Å². The topological polar surface area (TPSA) is 107 Å². The molecule has 0 radical (unpaired) electrons. The summed E-state index contributed by atoms with van der Waals surface area (Å²) in [5, 5.41) is 11.3. The van der Waals surface area contributed by atoms with Gasteiger partial charge in [-0.3, -0.25) is 19.7 Å². The minimum Gasteiger partial charge on any atom is -0.465 e. The van der Waals surface area contributed by atoms with Crippen molar-refractivity contribution in [2.75, 3.05) is 13.1 Å². The van der Waals surface area contributed by atoms with Crippen LogP contribution in [0.25, 0.3) is 5.57 Å². The zero-order chi connectivity index (χ0) is 19.1. The Labute approximate surface area is 155 Å². The minimum absolute atomic E-state index is 0.204. The molecule has 1 atom stereocenters. The van der Waals surface area contributed by atoms with Crippen LogP contribution in [0.3, 0.4) is 0 Å². The van der Waals surface area contributed by atoms with E-state index in [4.69, 9.17) is 5.11 Å². The number of amides is 4. The fourth-order valence-electron chi connectivity index (χ4n) is 3.86. The summed E-state index contributed by atoms with van der Waals surface area (Å²) in [4.78, 5) is 50.2. The molecule has 0 aromatic heterocycles. The van der Waals surface area contributed by atoms with Gasteiger partial charge in [-0.15, -0.1) is 0 Å². The highest BCUT2D eigenvalue weighted by Crippen LogP contribution is 2.31. The molecule has 3 heterocycles. The second-order valence-electron chi connectivity index (χ2n) is 6.98. The average molecular weight is 369 g/mol. The first-order chi connectivity index (χ1) is 12.9. The molecule has 8 heteroatoms. The standard InChI is InChI=1S/C19H19N3O5/c23-16-4-3-15(17(24)20-16)22-10-13-2-1-12(9-14(13)18(22)25)11-5-7-21(8-6-11)19(26)27/h1-2,5,9,15H,3-4,6-8,10H2,(H,26,27)(H,20,23,24). The Hall–Kier alpha value is -3.16. The molecule has 0 saturated carbocycles. The van der Waals surface area contributed by atoms with Gasteiger partial charge in [-0.2, -0.15) is 0 Å². The van der Waals surface area contributed by atoms with Crippen LogP contribution in [0.5, 0.6) is 0 Å². The predicted octanol–water partition coefficient (Wildman–Crippen LogP) is 1.21. The quantitative estimate of drug-likeness (QED) is 0.762. The smallest absolute Gasteiger partial charge is 0.407 e. The van der Waals surface area contributed by atoms with Crippen LogP contribution in [0.4, 0.5) is 4.79 Å². The van der Waals surface area contributed by atoms with Crippen molar-refractivity contribution in [1.29, 1.82) is 0 Å². The lowest BCUT2D eigenvalue weighted by molar-refractivity contribution is -0.136. The molecular weight excluding hydrogens is 350 g/mol. The molecule has 4 rings (SSSR count).